The first kappa shape index (κ1) is 19.1. The van der Waals surface area contributed by atoms with Crippen molar-refractivity contribution in [1.82, 2.24) is 9.47 Å². The third-order valence-corrected chi connectivity index (χ3v) is 6.90. The number of aliphatic carboxylic acids is 1. The van der Waals surface area contributed by atoms with Crippen LogP contribution in [-0.2, 0) is 22.4 Å². The first-order valence-electron chi connectivity index (χ1n) is 9.72. The maximum absolute atomic E-state index is 12.6. The van der Waals surface area contributed by atoms with Crippen molar-refractivity contribution < 1.29 is 14.7 Å². The third-order valence-electron chi connectivity index (χ3n) is 5.52. The molecule has 0 bridgehead atoms. The molecule has 0 atom stereocenters. The van der Waals surface area contributed by atoms with Gasteiger partial charge in [-0.25, -0.2) is 0 Å². The van der Waals surface area contributed by atoms with Gasteiger partial charge in [-0.15, -0.1) is 0 Å². The van der Waals surface area contributed by atoms with Crippen molar-refractivity contribution in [2.45, 2.75) is 19.3 Å². The van der Waals surface area contributed by atoms with Crippen LogP contribution in [0.3, 0.4) is 0 Å². The Bertz CT molecular complexity index is 1240. The Balaban J connectivity index is 1.57. The predicted octanol–water partition coefficient (Wildman–Crippen LogP) is 4.41. The van der Waals surface area contributed by atoms with Gasteiger partial charge >= 0.3 is 5.97 Å². The predicted molar refractivity (Wildman–Crippen MR) is 123 cm³/mol. The SMILES string of the molecule is O=C(O)CN1C(=O)/C(=C/c2ccc3c(c2)c2c(n3-c3ccccc3)CCC2)SC1=S. The Labute approximate surface area is 183 Å². The lowest BCUT2D eigenvalue weighted by Gasteiger charge is -2.10. The molecule has 30 heavy (non-hydrogen) atoms. The van der Waals surface area contributed by atoms with Crippen LogP contribution < -0.4 is 0 Å². The fourth-order valence-electron chi connectivity index (χ4n) is 4.29. The highest BCUT2D eigenvalue weighted by molar-refractivity contribution is 8.26. The summed E-state index contributed by atoms with van der Waals surface area (Å²) in [6.07, 6.45) is 5.06. The molecular weight excluding hydrogens is 416 g/mol. The van der Waals surface area contributed by atoms with Gasteiger partial charge in [-0.2, -0.15) is 0 Å². The molecule has 0 saturated carbocycles. The zero-order valence-corrected chi connectivity index (χ0v) is 17.6. The molecule has 0 spiro atoms. The van der Waals surface area contributed by atoms with Crippen molar-refractivity contribution in [1.29, 1.82) is 0 Å². The minimum atomic E-state index is -1.08. The number of amides is 1. The van der Waals surface area contributed by atoms with Crippen molar-refractivity contribution >= 4 is 57.2 Å². The largest absolute Gasteiger partial charge is 0.480 e. The third kappa shape index (κ3) is 3.14. The molecule has 5 rings (SSSR count). The van der Waals surface area contributed by atoms with Gasteiger partial charge in [-0.1, -0.05) is 48.2 Å². The normalized spacial score (nSPS) is 17.3. The van der Waals surface area contributed by atoms with E-state index in [1.807, 2.05) is 18.2 Å². The van der Waals surface area contributed by atoms with Crippen LogP contribution in [0.4, 0.5) is 0 Å². The zero-order chi connectivity index (χ0) is 20.8. The van der Waals surface area contributed by atoms with Gasteiger partial charge < -0.3 is 9.67 Å². The van der Waals surface area contributed by atoms with Crippen LogP contribution in [0.2, 0.25) is 0 Å². The smallest absolute Gasteiger partial charge is 0.323 e. The van der Waals surface area contributed by atoms with Gasteiger partial charge in [0, 0.05) is 16.8 Å². The molecular formula is C23H18N2O3S2. The maximum Gasteiger partial charge on any atom is 0.323 e. The van der Waals surface area contributed by atoms with Crippen LogP contribution in [0.25, 0.3) is 22.7 Å². The van der Waals surface area contributed by atoms with E-state index in [0.717, 1.165) is 47.2 Å². The topological polar surface area (TPSA) is 62.5 Å². The number of thioether (sulfide) groups is 1. The number of fused-ring (bicyclic) bond motifs is 3. The second-order valence-corrected chi connectivity index (χ2v) is 9.06. The highest BCUT2D eigenvalue weighted by Gasteiger charge is 2.33. The molecule has 3 aromatic rings. The molecule has 7 heteroatoms. The molecule has 0 radical (unpaired) electrons. The summed E-state index contributed by atoms with van der Waals surface area (Å²) in [6.45, 7) is -0.408. The number of hydrogen-bond donors (Lipinski definition) is 1. The second-order valence-electron chi connectivity index (χ2n) is 7.39. The number of carbonyl (C=O) groups excluding carboxylic acids is 1. The van der Waals surface area contributed by atoms with E-state index in [1.165, 1.54) is 22.2 Å². The van der Waals surface area contributed by atoms with Crippen LogP contribution in [0.5, 0.6) is 0 Å². The fourth-order valence-corrected chi connectivity index (χ4v) is 5.54. The number of para-hydroxylation sites is 1. The lowest BCUT2D eigenvalue weighted by atomic mass is 10.1. The summed E-state index contributed by atoms with van der Waals surface area (Å²) < 4.78 is 2.62. The Kier molecular flexibility index (Phi) is 4.72. The molecule has 150 valence electrons. The van der Waals surface area contributed by atoms with Crippen molar-refractivity contribution in [3.63, 3.8) is 0 Å². The lowest BCUT2D eigenvalue weighted by Crippen LogP contribution is -2.33. The summed E-state index contributed by atoms with van der Waals surface area (Å²) >= 11 is 6.34. The first-order valence-corrected chi connectivity index (χ1v) is 10.9. The average Bonchev–Trinajstić information content (AvgIpc) is 3.38. The molecule has 1 aliphatic carbocycles. The minimum Gasteiger partial charge on any atom is -0.480 e. The van der Waals surface area contributed by atoms with Crippen LogP contribution in [0.1, 0.15) is 23.2 Å². The molecule has 5 nitrogen and oxygen atoms in total. The molecule has 1 N–H and O–H groups in total. The number of aryl methyl sites for hydroxylation is 1. The van der Waals surface area contributed by atoms with E-state index in [-0.39, 0.29) is 10.2 Å². The summed E-state index contributed by atoms with van der Waals surface area (Å²) in [6, 6.07) is 16.6. The maximum atomic E-state index is 12.6. The number of nitrogens with zero attached hydrogens (tertiary/aromatic N) is 2. The van der Waals surface area contributed by atoms with E-state index >= 15 is 0 Å². The number of carbonyl (C=O) groups is 2. The van der Waals surface area contributed by atoms with Crippen LogP contribution in [0, 0.1) is 0 Å². The molecule has 1 fully saturated rings. The Morgan fingerprint density at radius 3 is 2.73 bits per heavy atom. The van der Waals surface area contributed by atoms with E-state index in [4.69, 9.17) is 17.3 Å². The van der Waals surface area contributed by atoms with E-state index in [1.54, 1.807) is 0 Å². The van der Waals surface area contributed by atoms with Gasteiger partial charge in [-0.05, 0) is 60.7 Å². The molecule has 1 aromatic heterocycles. The van der Waals surface area contributed by atoms with Gasteiger partial charge in [0.15, 0.2) is 0 Å². The Morgan fingerprint density at radius 2 is 1.97 bits per heavy atom. The van der Waals surface area contributed by atoms with Crippen molar-refractivity contribution in [2.24, 2.45) is 0 Å². The molecule has 1 amide bonds. The monoisotopic (exact) mass is 434 g/mol. The van der Waals surface area contributed by atoms with Gasteiger partial charge in [0.25, 0.3) is 5.91 Å². The summed E-state index contributed by atoms with van der Waals surface area (Å²) in [7, 11) is 0. The first-order chi connectivity index (χ1) is 14.5. The van der Waals surface area contributed by atoms with Gasteiger partial charge in [0.05, 0.1) is 10.4 Å². The number of carboxylic acid groups (broad SMARTS) is 1. The molecule has 0 unspecified atom stereocenters. The molecule has 2 aromatic carbocycles. The van der Waals surface area contributed by atoms with Crippen molar-refractivity contribution in [2.75, 3.05) is 6.54 Å². The standard InChI is InChI=1S/C23H18N2O3S2/c26-21(27)13-24-22(28)20(30-23(24)29)12-14-9-10-19-17(11-14)16-7-4-8-18(16)25(19)15-5-2-1-3-6-15/h1-3,5-6,9-12H,4,7-8,13H2,(H,26,27)/b20-12-. The van der Waals surface area contributed by atoms with E-state index in [2.05, 4.69) is 41.0 Å². The number of thiocarbonyl (C=S) groups is 1. The quantitative estimate of drug-likeness (QED) is 0.487. The highest BCUT2D eigenvalue weighted by atomic mass is 32.2. The number of hydrogen-bond acceptors (Lipinski definition) is 4. The fraction of sp³-hybridized carbons (Fsp3) is 0.174. The van der Waals surface area contributed by atoms with E-state index < -0.39 is 12.5 Å². The molecule has 2 heterocycles. The van der Waals surface area contributed by atoms with Crippen LogP contribution >= 0.6 is 24.0 Å². The number of aromatic nitrogens is 1. The number of rotatable bonds is 4. The number of benzene rings is 2. The molecule has 2 aliphatic rings. The molecule has 1 aliphatic heterocycles. The average molecular weight is 435 g/mol. The minimum absolute atomic E-state index is 0.283. The second kappa shape index (κ2) is 7.41. The van der Waals surface area contributed by atoms with Crippen LogP contribution in [-0.4, -0.2) is 37.3 Å². The van der Waals surface area contributed by atoms with E-state index in [0.29, 0.717) is 4.91 Å². The number of carboxylic acids is 1. The lowest BCUT2D eigenvalue weighted by molar-refractivity contribution is -0.140. The van der Waals surface area contributed by atoms with Gasteiger partial charge in [-0.3, -0.25) is 14.5 Å². The molecule has 1 saturated heterocycles. The van der Waals surface area contributed by atoms with Crippen molar-refractivity contribution in [3.8, 4) is 5.69 Å². The van der Waals surface area contributed by atoms with Gasteiger partial charge in [0.1, 0.15) is 10.9 Å². The summed E-state index contributed by atoms with van der Waals surface area (Å²) in [5, 5.41) is 10.2. The zero-order valence-electron chi connectivity index (χ0n) is 16.0. The Hall–Kier alpha value is -2.90. The Morgan fingerprint density at radius 1 is 1.17 bits per heavy atom. The summed E-state index contributed by atoms with van der Waals surface area (Å²) in [5.74, 6) is -1.42. The summed E-state index contributed by atoms with van der Waals surface area (Å²) in [5.41, 5.74) is 5.98. The summed E-state index contributed by atoms with van der Waals surface area (Å²) in [4.78, 5) is 25.2. The van der Waals surface area contributed by atoms with E-state index in [9.17, 15) is 9.59 Å². The van der Waals surface area contributed by atoms with Crippen molar-refractivity contribution in [3.05, 3.63) is 70.3 Å². The van der Waals surface area contributed by atoms with Gasteiger partial charge in [0.2, 0.25) is 0 Å². The highest BCUT2D eigenvalue weighted by Crippen LogP contribution is 2.37. The van der Waals surface area contributed by atoms with Crippen LogP contribution in [0.15, 0.2) is 53.4 Å².